The van der Waals surface area contributed by atoms with E-state index in [9.17, 15) is 19.7 Å². The summed E-state index contributed by atoms with van der Waals surface area (Å²) in [7, 11) is 1.41. The normalized spacial score (nSPS) is 14.2. The lowest BCUT2D eigenvalue weighted by Crippen LogP contribution is -2.24. The minimum atomic E-state index is -0.807. The topological polar surface area (TPSA) is 107 Å². The highest BCUT2D eigenvalue weighted by atomic mass is 16.6. The number of carbonyl (C=O) groups excluding carboxylic acids is 2. The van der Waals surface area contributed by atoms with Gasteiger partial charge in [0.25, 0.3) is 17.4 Å². The number of ketones is 1. The van der Waals surface area contributed by atoms with Crippen molar-refractivity contribution in [3.63, 3.8) is 0 Å². The van der Waals surface area contributed by atoms with Crippen LogP contribution in [0.3, 0.4) is 0 Å². The zero-order chi connectivity index (χ0) is 12.0. The van der Waals surface area contributed by atoms with Gasteiger partial charge in [-0.15, -0.1) is 0 Å². The maximum Gasteiger partial charge on any atom is 0.299 e. The number of nitro benzene ring substituents is 1. The first-order chi connectivity index (χ1) is 7.45. The Morgan fingerprint density at radius 2 is 2.00 bits per heavy atom. The van der Waals surface area contributed by atoms with Crippen molar-refractivity contribution in [1.29, 1.82) is 0 Å². The van der Waals surface area contributed by atoms with Gasteiger partial charge in [0, 0.05) is 13.1 Å². The van der Waals surface area contributed by atoms with Crippen LogP contribution < -0.4 is 10.6 Å². The number of nitro groups is 1. The lowest BCUT2D eigenvalue weighted by Gasteiger charge is -2.08. The molecule has 2 rings (SSSR count). The first-order valence-electron chi connectivity index (χ1n) is 4.34. The van der Waals surface area contributed by atoms with E-state index in [4.69, 9.17) is 5.73 Å². The van der Waals surface area contributed by atoms with E-state index in [2.05, 4.69) is 0 Å². The van der Waals surface area contributed by atoms with Crippen molar-refractivity contribution in [2.75, 3.05) is 17.7 Å². The summed E-state index contributed by atoms with van der Waals surface area (Å²) in [5.41, 5.74) is 5.11. The van der Waals surface area contributed by atoms with Crippen LogP contribution in [-0.2, 0) is 4.79 Å². The maximum atomic E-state index is 11.5. The largest absolute Gasteiger partial charge is 0.392 e. The van der Waals surface area contributed by atoms with Gasteiger partial charge in [0.2, 0.25) is 0 Å². The van der Waals surface area contributed by atoms with E-state index in [1.807, 2.05) is 0 Å². The van der Waals surface area contributed by atoms with Crippen LogP contribution in [0.15, 0.2) is 12.1 Å². The van der Waals surface area contributed by atoms with Crippen LogP contribution in [0.5, 0.6) is 0 Å². The zero-order valence-corrected chi connectivity index (χ0v) is 8.26. The van der Waals surface area contributed by atoms with E-state index >= 15 is 0 Å². The molecule has 0 aliphatic carbocycles. The fraction of sp³-hybridized carbons (Fsp3) is 0.111. The van der Waals surface area contributed by atoms with Crippen LogP contribution in [0.2, 0.25) is 0 Å². The molecule has 1 aromatic rings. The Morgan fingerprint density at radius 1 is 1.38 bits per heavy atom. The molecular weight excluding hydrogens is 214 g/mol. The van der Waals surface area contributed by atoms with Gasteiger partial charge in [-0.3, -0.25) is 19.7 Å². The first-order valence-corrected chi connectivity index (χ1v) is 4.34. The monoisotopic (exact) mass is 221 g/mol. The summed E-state index contributed by atoms with van der Waals surface area (Å²) in [6, 6.07) is 2.52. The second-order valence-corrected chi connectivity index (χ2v) is 3.34. The number of fused-ring (bicyclic) bond motifs is 1. The summed E-state index contributed by atoms with van der Waals surface area (Å²) < 4.78 is 0. The fourth-order valence-corrected chi connectivity index (χ4v) is 1.64. The molecule has 7 heteroatoms. The molecule has 1 aliphatic heterocycles. The second-order valence-electron chi connectivity index (χ2n) is 3.34. The van der Waals surface area contributed by atoms with Crippen molar-refractivity contribution < 1.29 is 14.5 Å². The molecule has 1 aliphatic rings. The molecule has 82 valence electrons. The van der Waals surface area contributed by atoms with Gasteiger partial charge < -0.3 is 10.6 Å². The third kappa shape index (κ3) is 1.08. The fourth-order valence-electron chi connectivity index (χ4n) is 1.64. The highest BCUT2D eigenvalue weighted by Crippen LogP contribution is 2.37. The predicted molar refractivity (Wildman–Crippen MR) is 55.2 cm³/mol. The third-order valence-corrected chi connectivity index (χ3v) is 2.48. The lowest BCUT2D eigenvalue weighted by atomic mass is 10.1. The average Bonchev–Trinajstić information content (AvgIpc) is 2.44. The first kappa shape index (κ1) is 10.1. The van der Waals surface area contributed by atoms with Gasteiger partial charge in [0.1, 0.15) is 5.69 Å². The number of carbonyl (C=O) groups is 2. The van der Waals surface area contributed by atoms with Crippen LogP contribution in [-0.4, -0.2) is 23.7 Å². The molecule has 0 saturated carbocycles. The van der Waals surface area contributed by atoms with E-state index in [1.54, 1.807) is 0 Å². The standard InChI is InChI=1S/C9H7N3O4/c1-11-4-2-3-5(12(15)16)7(10)6(4)8(13)9(11)14/h2-3H,10H2,1H3. The van der Waals surface area contributed by atoms with E-state index in [-0.39, 0.29) is 16.9 Å². The molecule has 1 amide bonds. The summed E-state index contributed by atoms with van der Waals surface area (Å²) >= 11 is 0. The Bertz CT molecular complexity index is 538. The number of hydrogen-bond acceptors (Lipinski definition) is 5. The highest BCUT2D eigenvalue weighted by Gasteiger charge is 2.37. The SMILES string of the molecule is CN1C(=O)C(=O)c2c1ccc([N+](=O)[O-])c2N. The summed E-state index contributed by atoms with van der Waals surface area (Å²) in [5.74, 6) is -1.54. The number of nitrogens with zero attached hydrogens (tertiary/aromatic N) is 2. The molecule has 0 spiro atoms. The van der Waals surface area contributed by atoms with Crippen LogP contribution in [0, 0.1) is 10.1 Å². The number of Topliss-reactive ketones (excluding diaryl/α,β-unsaturated/α-hetero) is 1. The van der Waals surface area contributed by atoms with Crippen molar-refractivity contribution in [1.82, 2.24) is 0 Å². The van der Waals surface area contributed by atoms with Gasteiger partial charge >= 0.3 is 0 Å². The maximum absolute atomic E-state index is 11.5. The smallest absolute Gasteiger partial charge is 0.299 e. The van der Waals surface area contributed by atoms with Crippen molar-refractivity contribution in [3.05, 3.63) is 27.8 Å². The van der Waals surface area contributed by atoms with Crippen LogP contribution in [0.25, 0.3) is 0 Å². The highest BCUT2D eigenvalue weighted by molar-refractivity contribution is 6.53. The minimum Gasteiger partial charge on any atom is -0.392 e. The molecule has 2 N–H and O–H groups in total. The Balaban J connectivity index is 2.74. The van der Waals surface area contributed by atoms with Crippen molar-refractivity contribution in [2.24, 2.45) is 0 Å². The van der Waals surface area contributed by atoms with Crippen molar-refractivity contribution in [3.8, 4) is 0 Å². The van der Waals surface area contributed by atoms with E-state index < -0.39 is 16.6 Å². The predicted octanol–water partition coefficient (Wildman–Crippen LogP) is 0.336. The minimum absolute atomic E-state index is 0.0818. The Kier molecular flexibility index (Phi) is 1.91. The van der Waals surface area contributed by atoms with Gasteiger partial charge in [-0.25, -0.2) is 0 Å². The number of hydrogen-bond donors (Lipinski definition) is 1. The molecule has 0 unspecified atom stereocenters. The second kappa shape index (κ2) is 3.02. The molecule has 0 atom stereocenters. The van der Waals surface area contributed by atoms with Crippen molar-refractivity contribution >= 4 is 28.8 Å². The van der Waals surface area contributed by atoms with E-state index in [0.29, 0.717) is 5.69 Å². The molecule has 0 saturated heterocycles. The Hall–Kier alpha value is -2.44. The molecule has 1 heterocycles. The molecule has 0 fully saturated rings. The molecular formula is C9H7N3O4. The van der Waals surface area contributed by atoms with E-state index in [1.165, 1.54) is 19.2 Å². The number of nitrogen functional groups attached to an aromatic ring is 1. The summed E-state index contributed by atoms with van der Waals surface area (Å²) in [6.45, 7) is 0. The molecule has 1 aromatic carbocycles. The average molecular weight is 221 g/mol. The zero-order valence-electron chi connectivity index (χ0n) is 8.26. The third-order valence-electron chi connectivity index (χ3n) is 2.48. The molecule has 0 aromatic heterocycles. The van der Waals surface area contributed by atoms with Gasteiger partial charge in [0.05, 0.1) is 16.2 Å². The van der Waals surface area contributed by atoms with Gasteiger partial charge in [-0.1, -0.05) is 0 Å². The van der Waals surface area contributed by atoms with Gasteiger partial charge in [0.15, 0.2) is 0 Å². The molecule has 0 bridgehead atoms. The number of anilines is 2. The number of amides is 1. The van der Waals surface area contributed by atoms with Crippen LogP contribution in [0.4, 0.5) is 17.1 Å². The number of likely N-dealkylation sites (N-methyl/N-ethyl adjacent to an activating group) is 1. The number of rotatable bonds is 1. The molecule has 7 nitrogen and oxygen atoms in total. The van der Waals surface area contributed by atoms with Crippen LogP contribution >= 0.6 is 0 Å². The van der Waals surface area contributed by atoms with Gasteiger partial charge in [-0.2, -0.15) is 0 Å². The summed E-state index contributed by atoms with van der Waals surface area (Å²) in [6.07, 6.45) is 0. The number of nitrogens with two attached hydrogens (primary N) is 1. The summed E-state index contributed by atoms with van der Waals surface area (Å²) in [5, 5.41) is 10.6. The van der Waals surface area contributed by atoms with Gasteiger partial charge in [-0.05, 0) is 6.07 Å². The Morgan fingerprint density at radius 3 is 2.56 bits per heavy atom. The molecule has 16 heavy (non-hydrogen) atoms. The van der Waals surface area contributed by atoms with Crippen molar-refractivity contribution in [2.45, 2.75) is 0 Å². The summed E-state index contributed by atoms with van der Waals surface area (Å²) in [4.78, 5) is 33.9. The van der Waals surface area contributed by atoms with E-state index in [0.717, 1.165) is 4.90 Å². The quantitative estimate of drug-likeness (QED) is 0.318. The molecule has 0 radical (unpaired) electrons. The van der Waals surface area contributed by atoms with Crippen LogP contribution in [0.1, 0.15) is 10.4 Å². The Labute approximate surface area is 89.6 Å². The lowest BCUT2D eigenvalue weighted by molar-refractivity contribution is -0.383. The number of benzene rings is 1.